The van der Waals surface area contributed by atoms with E-state index in [1.165, 1.54) is 70.6 Å². The molecule has 0 aliphatic heterocycles. The molecule has 0 aromatic heterocycles. The lowest BCUT2D eigenvalue weighted by atomic mass is 10.1. The van der Waals surface area contributed by atoms with Gasteiger partial charge in [-0.15, -0.1) is 0 Å². The van der Waals surface area contributed by atoms with E-state index >= 15 is 0 Å². The third-order valence-corrected chi connectivity index (χ3v) is 4.26. The van der Waals surface area contributed by atoms with Crippen molar-refractivity contribution in [2.45, 2.75) is 90.1 Å². The summed E-state index contributed by atoms with van der Waals surface area (Å²) in [6, 6.07) is 0. The second kappa shape index (κ2) is 16.7. The summed E-state index contributed by atoms with van der Waals surface area (Å²) in [5, 5.41) is -0.343. The van der Waals surface area contributed by atoms with Crippen molar-refractivity contribution in [3.05, 3.63) is 0 Å². The summed E-state index contributed by atoms with van der Waals surface area (Å²) < 4.78 is 0. The van der Waals surface area contributed by atoms with Crippen molar-refractivity contribution in [3.8, 4) is 0 Å². The van der Waals surface area contributed by atoms with Crippen molar-refractivity contribution in [3.63, 3.8) is 0 Å². The molecule has 0 heterocycles. The van der Waals surface area contributed by atoms with Crippen LogP contribution in [0.1, 0.15) is 84.0 Å². The van der Waals surface area contributed by atoms with E-state index in [0.29, 0.717) is 6.54 Å². The molecule has 138 valence electrons. The zero-order valence-corrected chi connectivity index (χ0v) is 15.8. The third-order valence-electron chi connectivity index (χ3n) is 4.14. The van der Waals surface area contributed by atoms with E-state index in [4.69, 9.17) is 23.1 Å². The molecule has 0 rings (SSSR count). The summed E-state index contributed by atoms with van der Waals surface area (Å²) in [4.78, 5) is 13.0. The van der Waals surface area contributed by atoms with Crippen LogP contribution in [0, 0.1) is 0 Å². The molecule has 0 saturated heterocycles. The zero-order valence-electron chi connectivity index (χ0n) is 15.1. The van der Waals surface area contributed by atoms with Gasteiger partial charge < -0.3 is 11.5 Å². The first kappa shape index (κ1) is 22.8. The molecule has 0 unspecified atom stereocenters. The van der Waals surface area contributed by atoms with Crippen LogP contribution >= 0.6 is 11.6 Å². The second-order valence-corrected chi connectivity index (χ2v) is 7.06. The smallest absolute Gasteiger partial charge is 0.235 e. The lowest BCUT2D eigenvalue weighted by Gasteiger charge is -2.22. The first-order valence-corrected chi connectivity index (χ1v) is 9.86. The second-order valence-electron chi connectivity index (χ2n) is 6.64. The predicted molar refractivity (Wildman–Crippen MR) is 101 cm³/mol. The quantitative estimate of drug-likeness (QED) is 0.237. The normalized spacial score (nSPS) is 11.6. The minimum absolute atomic E-state index is 0.241. The van der Waals surface area contributed by atoms with Gasteiger partial charge in [0.05, 0.1) is 12.7 Å². The van der Waals surface area contributed by atoms with Crippen molar-refractivity contribution in [2.75, 3.05) is 19.6 Å². The molecule has 0 aliphatic carbocycles. The molecule has 0 saturated carbocycles. The molecule has 0 aromatic rings. The molecule has 0 spiro atoms. The topological polar surface area (TPSA) is 72.3 Å². The molecular weight excluding hydrogens is 310 g/mol. The Morgan fingerprint density at radius 2 is 1.30 bits per heavy atom. The molecule has 0 bridgehead atoms. The first-order valence-electron chi connectivity index (χ1n) is 9.48. The third kappa shape index (κ3) is 18.0. The molecule has 0 aromatic carbocycles. The number of unbranched alkanes of at least 4 members (excludes halogenated alkanes) is 11. The molecule has 0 amide bonds. The van der Waals surface area contributed by atoms with E-state index in [2.05, 4.69) is 6.92 Å². The van der Waals surface area contributed by atoms with E-state index in [0.717, 1.165) is 13.0 Å². The SMILES string of the molecule is CCCCCCCCCCCCCCN(CC(=O)Cl)CC(N)N. The van der Waals surface area contributed by atoms with Crippen LogP contribution in [0.5, 0.6) is 0 Å². The molecule has 0 aliphatic rings. The average Bonchev–Trinajstić information content (AvgIpc) is 2.47. The Bertz CT molecular complexity index is 275. The highest BCUT2D eigenvalue weighted by molar-refractivity contribution is 6.64. The van der Waals surface area contributed by atoms with Crippen LogP contribution in [0.3, 0.4) is 0 Å². The number of rotatable bonds is 17. The molecule has 5 heteroatoms. The van der Waals surface area contributed by atoms with Gasteiger partial charge in [0.1, 0.15) is 0 Å². The van der Waals surface area contributed by atoms with Gasteiger partial charge in [-0.2, -0.15) is 0 Å². The lowest BCUT2D eigenvalue weighted by Crippen LogP contribution is -2.45. The molecular formula is C18H38ClN3O. The van der Waals surface area contributed by atoms with Gasteiger partial charge in [-0.25, -0.2) is 0 Å². The summed E-state index contributed by atoms with van der Waals surface area (Å²) in [6.45, 7) is 3.87. The summed E-state index contributed by atoms with van der Waals surface area (Å²) >= 11 is 5.44. The Hall–Kier alpha value is -0.160. The van der Waals surface area contributed by atoms with Crippen molar-refractivity contribution >= 4 is 16.8 Å². The number of hydrogen-bond acceptors (Lipinski definition) is 4. The maximum Gasteiger partial charge on any atom is 0.235 e. The zero-order chi connectivity index (χ0) is 17.3. The summed E-state index contributed by atoms with van der Waals surface area (Å²) in [5.74, 6) is 0. The van der Waals surface area contributed by atoms with Crippen molar-refractivity contribution < 1.29 is 4.79 Å². The number of carbonyl (C=O) groups is 1. The summed E-state index contributed by atoms with van der Waals surface area (Å²) in [5.41, 5.74) is 11.2. The van der Waals surface area contributed by atoms with Crippen molar-refractivity contribution in [1.29, 1.82) is 0 Å². The number of hydrogen-bond donors (Lipinski definition) is 2. The molecule has 0 atom stereocenters. The van der Waals surface area contributed by atoms with Gasteiger partial charge in [0, 0.05) is 6.54 Å². The fraction of sp³-hybridized carbons (Fsp3) is 0.944. The fourth-order valence-electron chi connectivity index (χ4n) is 2.89. The van der Waals surface area contributed by atoms with Gasteiger partial charge in [0.15, 0.2) is 0 Å². The van der Waals surface area contributed by atoms with Crippen LogP contribution in [-0.2, 0) is 4.79 Å². The van der Waals surface area contributed by atoms with Crippen LogP contribution in [0.15, 0.2) is 0 Å². The summed E-state index contributed by atoms with van der Waals surface area (Å²) in [6.07, 6.45) is 15.5. The van der Waals surface area contributed by atoms with Crippen LogP contribution < -0.4 is 11.5 Å². The van der Waals surface area contributed by atoms with Crippen LogP contribution in [-0.4, -0.2) is 35.9 Å². The van der Waals surface area contributed by atoms with E-state index in [1.807, 2.05) is 4.90 Å². The van der Waals surface area contributed by atoms with Crippen LogP contribution in [0.25, 0.3) is 0 Å². The average molecular weight is 348 g/mol. The van der Waals surface area contributed by atoms with Gasteiger partial charge in [-0.3, -0.25) is 9.69 Å². The Labute approximate surface area is 148 Å². The van der Waals surface area contributed by atoms with Crippen molar-refractivity contribution in [2.24, 2.45) is 11.5 Å². The monoisotopic (exact) mass is 347 g/mol. The highest BCUT2D eigenvalue weighted by atomic mass is 35.5. The minimum atomic E-state index is -0.414. The van der Waals surface area contributed by atoms with Gasteiger partial charge in [-0.1, -0.05) is 77.6 Å². The van der Waals surface area contributed by atoms with Gasteiger partial charge in [0.25, 0.3) is 0 Å². The Morgan fingerprint density at radius 3 is 1.70 bits per heavy atom. The fourth-order valence-corrected chi connectivity index (χ4v) is 3.05. The number of nitrogens with two attached hydrogens (primary N) is 2. The number of halogens is 1. The number of carbonyl (C=O) groups excluding carboxylic acids is 1. The van der Waals surface area contributed by atoms with Gasteiger partial charge in [0.2, 0.25) is 5.24 Å². The molecule has 4 nitrogen and oxygen atoms in total. The maximum absolute atomic E-state index is 11.0. The van der Waals surface area contributed by atoms with Crippen LogP contribution in [0.2, 0.25) is 0 Å². The Morgan fingerprint density at radius 1 is 0.870 bits per heavy atom. The van der Waals surface area contributed by atoms with Crippen LogP contribution in [0.4, 0.5) is 0 Å². The van der Waals surface area contributed by atoms with E-state index < -0.39 is 6.17 Å². The number of nitrogens with zero attached hydrogens (tertiary/aromatic N) is 1. The summed E-state index contributed by atoms with van der Waals surface area (Å²) in [7, 11) is 0. The molecule has 0 radical (unpaired) electrons. The Kier molecular flexibility index (Phi) is 16.6. The predicted octanol–water partition coefficient (Wildman–Crippen LogP) is 4.00. The maximum atomic E-state index is 11.0. The largest absolute Gasteiger partial charge is 0.315 e. The van der Waals surface area contributed by atoms with E-state index in [-0.39, 0.29) is 11.8 Å². The van der Waals surface area contributed by atoms with Gasteiger partial charge >= 0.3 is 0 Å². The standard InChI is InChI=1S/C18H38ClN3O/c1-2-3-4-5-6-7-8-9-10-11-12-13-14-22(15-17(19)23)16-18(20)21/h18H,2-16,20-21H2,1H3. The molecule has 4 N–H and O–H groups in total. The van der Waals surface area contributed by atoms with E-state index in [9.17, 15) is 4.79 Å². The van der Waals surface area contributed by atoms with Gasteiger partial charge in [-0.05, 0) is 24.6 Å². The molecule has 0 fully saturated rings. The first-order chi connectivity index (χ1) is 11.1. The van der Waals surface area contributed by atoms with E-state index in [1.54, 1.807) is 0 Å². The molecule has 23 heavy (non-hydrogen) atoms. The minimum Gasteiger partial charge on any atom is -0.315 e. The highest BCUT2D eigenvalue weighted by Crippen LogP contribution is 2.12. The highest BCUT2D eigenvalue weighted by Gasteiger charge is 2.10. The Balaban J connectivity index is 3.40. The van der Waals surface area contributed by atoms with Crippen molar-refractivity contribution in [1.82, 2.24) is 4.90 Å². The lowest BCUT2D eigenvalue weighted by molar-refractivity contribution is -0.112.